The van der Waals surface area contributed by atoms with Crippen molar-refractivity contribution in [2.24, 2.45) is 23.2 Å². The van der Waals surface area contributed by atoms with E-state index in [2.05, 4.69) is 27.7 Å². The predicted octanol–water partition coefficient (Wildman–Crippen LogP) is 2.69. The Morgan fingerprint density at radius 2 is 1.83 bits per heavy atom. The van der Waals surface area contributed by atoms with Gasteiger partial charge >= 0.3 is 0 Å². The van der Waals surface area contributed by atoms with E-state index >= 15 is 0 Å². The highest BCUT2D eigenvalue weighted by Gasteiger charge is 2.37. The SMILES string of the molecule is C[C@@H](C1CC(CO)C1)C(C)(C)C. The van der Waals surface area contributed by atoms with Gasteiger partial charge in [-0.15, -0.1) is 0 Å². The van der Waals surface area contributed by atoms with Gasteiger partial charge in [-0.1, -0.05) is 27.7 Å². The molecule has 0 spiro atoms. The molecule has 1 aliphatic carbocycles. The summed E-state index contributed by atoms with van der Waals surface area (Å²) in [5.74, 6) is 2.27. The molecule has 0 aliphatic heterocycles. The maximum absolute atomic E-state index is 8.89. The lowest BCUT2D eigenvalue weighted by Crippen LogP contribution is -2.36. The van der Waals surface area contributed by atoms with E-state index in [1.54, 1.807) is 0 Å². The summed E-state index contributed by atoms with van der Waals surface area (Å²) in [6.07, 6.45) is 2.49. The van der Waals surface area contributed by atoms with Gasteiger partial charge in [-0.05, 0) is 36.0 Å². The van der Waals surface area contributed by atoms with Crippen molar-refractivity contribution >= 4 is 0 Å². The van der Waals surface area contributed by atoms with Crippen LogP contribution in [-0.4, -0.2) is 11.7 Å². The van der Waals surface area contributed by atoms with Crippen molar-refractivity contribution in [3.63, 3.8) is 0 Å². The summed E-state index contributed by atoms with van der Waals surface area (Å²) in [5.41, 5.74) is 0.436. The molecule has 1 rings (SSSR count). The minimum atomic E-state index is 0.396. The molecule has 0 bridgehead atoms. The topological polar surface area (TPSA) is 20.2 Å². The van der Waals surface area contributed by atoms with Crippen LogP contribution in [0.25, 0.3) is 0 Å². The van der Waals surface area contributed by atoms with Crippen molar-refractivity contribution in [3.8, 4) is 0 Å². The number of hydrogen-bond donors (Lipinski definition) is 1. The van der Waals surface area contributed by atoms with E-state index in [1.165, 1.54) is 12.8 Å². The zero-order valence-electron chi connectivity index (χ0n) is 8.80. The van der Waals surface area contributed by atoms with Crippen LogP contribution in [0, 0.1) is 23.2 Å². The Kier molecular flexibility index (Phi) is 2.82. The first-order chi connectivity index (χ1) is 5.45. The van der Waals surface area contributed by atoms with E-state index in [0.29, 0.717) is 17.9 Å². The summed E-state index contributed by atoms with van der Waals surface area (Å²) in [6, 6.07) is 0. The van der Waals surface area contributed by atoms with E-state index in [4.69, 9.17) is 5.11 Å². The van der Waals surface area contributed by atoms with Crippen molar-refractivity contribution in [2.45, 2.75) is 40.5 Å². The highest BCUT2D eigenvalue weighted by molar-refractivity contribution is 4.87. The fourth-order valence-electron chi connectivity index (χ4n) is 2.05. The lowest BCUT2D eigenvalue weighted by Gasteiger charge is -2.43. The Morgan fingerprint density at radius 3 is 2.17 bits per heavy atom. The number of aliphatic hydroxyl groups excluding tert-OH is 1. The van der Waals surface area contributed by atoms with Crippen LogP contribution in [0.4, 0.5) is 0 Å². The molecule has 72 valence electrons. The first kappa shape index (κ1) is 10.0. The van der Waals surface area contributed by atoms with E-state index in [1.807, 2.05) is 0 Å². The molecule has 1 aliphatic rings. The standard InChI is InChI=1S/C11H22O/c1-8(11(2,3)4)10-5-9(6-10)7-12/h8-10,12H,5-7H2,1-4H3/t8-,9?,10?/m0/s1. The second kappa shape index (κ2) is 3.37. The number of rotatable bonds is 2. The Bertz CT molecular complexity index is 140. The van der Waals surface area contributed by atoms with Crippen molar-refractivity contribution in [1.29, 1.82) is 0 Å². The third kappa shape index (κ3) is 2.01. The van der Waals surface area contributed by atoms with Crippen molar-refractivity contribution in [1.82, 2.24) is 0 Å². The molecule has 0 aromatic rings. The molecule has 0 heterocycles. The molecule has 0 unspecified atom stereocenters. The molecule has 12 heavy (non-hydrogen) atoms. The summed E-state index contributed by atoms with van der Waals surface area (Å²) in [7, 11) is 0. The molecule has 1 fully saturated rings. The normalized spacial score (nSPS) is 32.8. The van der Waals surface area contributed by atoms with Crippen LogP contribution >= 0.6 is 0 Å². The van der Waals surface area contributed by atoms with Gasteiger partial charge in [0.05, 0.1) is 0 Å². The molecule has 0 aromatic heterocycles. The van der Waals surface area contributed by atoms with Gasteiger partial charge in [-0.2, -0.15) is 0 Å². The molecule has 0 radical (unpaired) electrons. The summed E-state index contributed by atoms with van der Waals surface area (Å²) in [6.45, 7) is 9.67. The maximum Gasteiger partial charge on any atom is 0.0459 e. The third-order valence-electron chi connectivity index (χ3n) is 3.60. The first-order valence-corrected chi connectivity index (χ1v) is 5.06. The van der Waals surface area contributed by atoms with Gasteiger partial charge in [0.25, 0.3) is 0 Å². The van der Waals surface area contributed by atoms with Crippen LogP contribution in [0.5, 0.6) is 0 Å². The second-order valence-corrected chi connectivity index (χ2v) is 5.43. The molecular weight excluding hydrogens is 148 g/mol. The second-order valence-electron chi connectivity index (χ2n) is 5.43. The largest absolute Gasteiger partial charge is 0.396 e. The summed E-state index contributed by atoms with van der Waals surface area (Å²) in [4.78, 5) is 0. The maximum atomic E-state index is 8.89. The minimum Gasteiger partial charge on any atom is -0.396 e. The van der Waals surface area contributed by atoms with Gasteiger partial charge in [-0.25, -0.2) is 0 Å². The molecular formula is C11H22O. The molecule has 1 atom stereocenters. The van der Waals surface area contributed by atoms with E-state index in [9.17, 15) is 0 Å². The summed E-state index contributed by atoms with van der Waals surface area (Å²) >= 11 is 0. The van der Waals surface area contributed by atoms with Gasteiger partial charge in [0.15, 0.2) is 0 Å². The van der Waals surface area contributed by atoms with E-state index in [0.717, 1.165) is 11.8 Å². The minimum absolute atomic E-state index is 0.396. The summed E-state index contributed by atoms with van der Waals surface area (Å²) in [5, 5.41) is 8.89. The predicted molar refractivity (Wildman–Crippen MR) is 51.9 cm³/mol. The molecule has 1 heteroatoms. The molecule has 0 saturated heterocycles. The highest BCUT2D eigenvalue weighted by Crippen LogP contribution is 2.45. The number of hydrogen-bond acceptors (Lipinski definition) is 1. The van der Waals surface area contributed by atoms with Crippen LogP contribution < -0.4 is 0 Å². The molecule has 1 nitrogen and oxygen atoms in total. The van der Waals surface area contributed by atoms with Crippen molar-refractivity contribution in [2.75, 3.05) is 6.61 Å². The van der Waals surface area contributed by atoms with Gasteiger partial charge in [0.2, 0.25) is 0 Å². The zero-order chi connectivity index (χ0) is 9.35. The van der Waals surface area contributed by atoms with E-state index in [-0.39, 0.29) is 0 Å². The zero-order valence-corrected chi connectivity index (χ0v) is 8.80. The molecule has 0 aromatic carbocycles. The Labute approximate surface area is 76.2 Å². The van der Waals surface area contributed by atoms with Gasteiger partial charge in [0, 0.05) is 6.61 Å². The van der Waals surface area contributed by atoms with E-state index < -0.39 is 0 Å². The summed E-state index contributed by atoms with van der Waals surface area (Å²) < 4.78 is 0. The van der Waals surface area contributed by atoms with Crippen molar-refractivity contribution < 1.29 is 5.11 Å². The third-order valence-corrected chi connectivity index (χ3v) is 3.60. The lowest BCUT2D eigenvalue weighted by molar-refractivity contribution is 0.0336. The Hall–Kier alpha value is -0.0400. The molecule has 1 N–H and O–H groups in total. The van der Waals surface area contributed by atoms with Crippen molar-refractivity contribution in [3.05, 3.63) is 0 Å². The Morgan fingerprint density at radius 1 is 1.33 bits per heavy atom. The van der Waals surface area contributed by atoms with Gasteiger partial charge in [0.1, 0.15) is 0 Å². The first-order valence-electron chi connectivity index (χ1n) is 5.06. The van der Waals surface area contributed by atoms with Crippen LogP contribution in [-0.2, 0) is 0 Å². The van der Waals surface area contributed by atoms with Gasteiger partial charge < -0.3 is 5.11 Å². The fraction of sp³-hybridized carbons (Fsp3) is 1.00. The highest BCUT2D eigenvalue weighted by atomic mass is 16.3. The van der Waals surface area contributed by atoms with Crippen LogP contribution in [0.1, 0.15) is 40.5 Å². The van der Waals surface area contributed by atoms with Crippen LogP contribution in [0.2, 0.25) is 0 Å². The molecule has 1 saturated carbocycles. The van der Waals surface area contributed by atoms with Crippen LogP contribution in [0.3, 0.4) is 0 Å². The molecule has 0 amide bonds. The van der Waals surface area contributed by atoms with Crippen LogP contribution in [0.15, 0.2) is 0 Å². The average molecular weight is 170 g/mol. The average Bonchev–Trinajstić information content (AvgIpc) is 1.83. The number of aliphatic hydroxyl groups is 1. The smallest absolute Gasteiger partial charge is 0.0459 e. The monoisotopic (exact) mass is 170 g/mol. The Balaban J connectivity index is 2.33. The quantitative estimate of drug-likeness (QED) is 0.675. The lowest BCUT2D eigenvalue weighted by atomic mass is 9.62. The van der Waals surface area contributed by atoms with Gasteiger partial charge in [-0.3, -0.25) is 0 Å². The fourth-order valence-corrected chi connectivity index (χ4v) is 2.05.